The summed E-state index contributed by atoms with van der Waals surface area (Å²) in [5.41, 5.74) is -0.00486. The average Bonchev–Trinajstić information content (AvgIpc) is 3.01. The van der Waals surface area contributed by atoms with E-state index in [9.17, 15) is 18.5 Å². The highest BCUT2D eigenvalue weighted by atomic mass is 32.2. The van der Waals surface area contributed by atoms with E-state index < -0.39 is 15.4 Å². The minimum atomic E-state index is -3.08. The zero-order valence-electron chi connectivity index (χ0n) is 16.9. The van der Waals surface area contributed by atoms with Crippen LogP contribution in [0.15, 0.2) is 24.3 Å². The molecule has 1 aromatic carbocycles. The maximum absolute atomic E-state index is 12.7. The van der Waals surface area contributed by atoms with Gasteiger partial charge in [-0.05, 0) is 37.0 Å². The van der Waals surface area contributed by atoms with Gasteiger partial charge in [0.2, 0.25) is 5.91 Å². The molecule has 0 radical (unpaired) electrons. The number of benzene rings is 1. The summed E-state index contributed by atoms with van der Waals surface area (Å²) in [4.78, 5) is 14.6. The lowest BCUT2D eigenvalue weighted by Crippen LogP contribution is -2.53. The molecule has 0 saturated carbocycles. The molecule has 154 valence electrons. The number of methoxy groups -OCH3 is 1. The lowest BCUT2D eigenvalue weighted by atomic mass is 9.90. The Morgan fingerprint density at radius 2 is 2.04 bits per heavy atom. The van der Waals surface area contributed by atoms with Crippen LogP contribution in [0.4, 0.5) is 0 Å². The van der Waals surface area contributed by atoms with E-state index in [1.165, 1.54) is 0 Å². The second kappa shape index (κ2) is 8.93. The topological polar surface area (TPSA) is 99.5 Å². The summed E-state index contributed by atoms with van der Waals surface area (Å²) in [6.45, 7) is 5.94. The maximum atomic E-state index is 12.7. The second-order valence-electron chi connectivity index (χ2n) is 7.83. The van der Waals surface area contributed by atoms with E-state index in [1.807, 2.05) is 43.0 Å². The Morgan fingerprint density at radius 1 is 1.39 bits per heavy atom. The van der Waals surface area contributed by atoms with Crippen molar-refractivity contribution in [2.24, 2.45) is 5.92 Å². The Labute approximate surface area is 167 Å². The summed E-state index contributed by atoms with van der Waals surface area (Å²) in [6, 6.07) is 9.43. The van der Waals surface area contributed by atoms with E-state index >= 15 is 0 Å². The Bertz CT molecular complexity index is 830. The molecule has 1 N–H and O–H groups in total. The van der Waals surface area contributed by atoms with E-state index in [0.717, 1.165) is 11.3 Å². The van der Waals surface area contributed by atoms with Crippen molar-refractivity contribution < 1.29 is 17.9 Å². The summed E-state index contributed by atoms with van der Waals surface area (Å²) in [5, 5.41) is 12.2. The van der Waals surface area contributed by atoms with Gasteiger partial charge in [0.05, 0.1) is 31.2 Å². The molecule has 1 aromatic rings. The molecule has 7 nitrogen and oxygen atoms in total. The van der Waals surface area contributed by atoms with Crippen LogP contribution < -0.4 is 10.1 Å². The molecule has 0 spiro atoms. The molecule has 2 atom stereocenters. The Kier molecular flexibility index (Phi) is 7.07. The maximum Gasteiger partial charge on any atom is 0.235 e. The largest absolute Gasteiger partial charge is 0.497 e. The monoisotopic (exact) mass is 407 g/mol. The first-order valence-corrected chi connectivity index (χ1v) is 11.2. The summed E-state index contributed by atoms with van der Waals surface area (Å²) in [7, 11) is -1.48. The van der Waals surface area contributed by atoms with E-state index in [-0.39, 0.29) is 35.9 Å². The third-order valence-electron chi connectivity index (χ3n) is 5.40. The van der Waals surface area contributed by atoms with Gasteiger partial charge < -0.3 is 10.1 Å². The number of carbonyl (C=O) groups excluding carboxylic acids is 1. The fraction of sp³-hybridized carbons (Fsp3) is 0.600. The van der Waals surface area contributed by atoms with Crippen LogP contribution in [0.5, 0.6) is 5.75 Å². The van der Waals surface area contributed by atoms with E-state index in [4.69, 9.17) is 4.74 Å². The number of nitrogens with one attached hydrogen (secondary N) is 1. The number of hydrogen-bond acceptors (Lipinski definition) is 6. The van der Waals surface area contributed by atoms with E-state index in [1.54, 1.807) is 14.0 Å². The normalized spacial score (nSPS) is 20.5. The second-order valence-corrected chi connectivity index (χ2v) is 10.1. The summed E-state index contributed by atoms with van der Waals surface area (Å²) in [6.07, 6.45) is 0.505. The highest BCUT2D eigenvalue weighted by Crippen LogP contribution is 2.22. The number of amides is 1. The zero-order valence-corrected chi connectivity index (χ0v) is 17.8. The Balaban J connectivity index is 2.16. The van der Waals surface area contributed by atoms with Crippen LogP contribution in [-0.2, 0) is 21.2 Å². The first kappa shape index (κ1) is 22.2. The van der Waals surface area contributed by atoms with Crippen LogP contribution in [0, 0.1) is 17.2 Å². The number of hydrogen-bond donors (Lipinski definition) is 1. The predicted molar refractivity (Wildman–Crippen MR) is 107 cm³/mol. The molecule has 1 heterocycles. The zero-order chi connectivity index (χ0) is 20.9. The smallest absolute Gasteiger partial charge is 0.235 e. The molecule has 2 rings (SSSR count). The molecule has 1 fully saturated rings. The Morgan fingerprint density at radius 3 is 2.50 bits per heavy atom. The van der Waals surface area contributed by atoms with Gasteiger partial charge in [0.15, 0.2) is 9.84 Å². The van der Waals surface area contributed by atoms with Gasteiger partial charge in [0.1, 0.15) is 11.3 Å². The fourth-order valence-corrected chi connectivity index (χ4v) is 4.92. The van der Waals surface area contributed by atoms with Crippen molar-refractivity contribution in [2.75, 3.05) is 25.2 Å². The highest BCUT2D eigenvalue weighted by molar-refractivity contribution is 7.91. The Hall–Kier alpha value is -2.11. The highest BCUT2D eigenvalue weighted by Gasteiger charge is 2.35. The predicted octanol–water partition coefficient (Wildman–Crippen LogP) is 1.74. The van der Waals surface area contributed by atoms with Gasteiger partial charge in [0, 0.05) is 12.6 Å². The third kappa shape index (κ3) is 5.69. The molecule has 0 aliphatic carbocycles. The third-order valence-corrected chi connectivity index (χ3v) is 7.15. The van der Waals surface area contributed by atoms with Gasteiger partial charge in [-0.15, -0.1) is 0 Å². The van der Waals surface area contributed by atoms with Gasteiger partial charge in [-0.3, -0.25) is 9.69 Å². The molecule has 1 amide bonds. The van der Waals surface area contributed by atoms with Crippen molar-refractivity contribution in [3.63, 3.8) is 0 Å². The first-order chi connectivity index (χ1) is 13.1. The molecule has 28 heavy (non-hydrogen) atoms. The molecule has 0 bridgehead atoms. The molecule has 0 aromatic heterocycles. The lowest BCUT2D eigenvalue weighted by molar-refractivity contribution is -0.124. The number of ether oxygens (including phenoxy) is 1. The minimum absolute atomic E-state index is 0.0379. The molecular weight excluding hydrogens is 378 g/mol. The van der Waals surface area contributed by atoms with Gasteiger partial charge in [-0.2, -0.15) is 5.26 Å². The quantitative estimate of drug-likeness (QED) is 0.705. The minimum Gasteiger partial charge on any atom is -0.497 e. The van der Waals surface area contributed by atoms with Crippen LogP contribution in [0.25, 0.3) is 0 Å². The van der Waals surface area contributed by atoms with Crippen molar-refractivity contribution in [1.82, 2.24) is 10.2 Å². The van der Waals surface area contributed by atoms with Crippen molar-refractivity contribution in [3.8, 4) is 11.8 Å². The van der Waals surface area contributed by atoms with E-state index in [0.29, 0.717) is 13.0 Å². The SMILES string of the molecule is COc1ccc(CN(CC(=O)NC(C)(C#N)C(C)C)C2CCS(=O)(=O)C2)cc1. The summed E-state index contributed by atoms with van der Waals surface area (Å²) in [5.74, 6) is 0.591. The van der Waals surface area contributed by atoms with Crippen LogP contribution in [0.2, 0.25) is 0 Å². The van der Waals surface area contributed by atoms with Crippen LogP contribution in [0.3, 0.4) is 0 Å². The average molecular weight is 408 g/mol. The lowest BCUT2D eigenvalue weighted by Gasteiger charge is -2.31. The number of carbonyl (C=O) groups is 1. The standard InChI is InChI=1S/C20H29N3O4S/c1-15(2)20(3,14-21)22-19(24)12-23(17-9-10-28(25,26)13-17)11-16-5-7-18(27-4)8-6-16/h5-8,15,17H,9-13H2,1-4H3,(H,22,24). The number of nitrogens with zero attached hydrogens (tertiary/aromatic N) is 2. The summed E-state index contributed by atoms with van der Waals surface area (Å²) < 4.78 is 29.1. The first-order valence-electron chi connectivity index (χ1n) is 9.38. The molecule has 2 unspecified atom stereocenters. The molecule has 1 aliphatic rings. The molecule has 8 heteroatoms. The fourth-order valence-electron chi connectivity index (χ4n) is 3.16. The van der Waals surface area contributed by atoms with Gasteiger partial charge in [-0.25, -0.2) is 8.42 Å². The number of nitriles is 1. The van der Waals surface area contributed by atoms with Crippen molar-refractivity contribution in [1.29, 1.82) is 5.26 Å². The number of rotatable bonds is 8. The van der Waals surface area contributed by atoms with Crippen molar-refractivity contribution in [3.05, 3.63) is 29.8 Å². The van der Waals surface area contributed by atoms with Gasteiger partial charge >= 0.3 is 0 Å². The van der Waals surface area contributed by atoms with Crippen LogP contribution in [-0.4, -0.2) is 56.0 Å². The van der Waals surface area contributed by atoms with Gasteiger partial charge in [0.25, 0.3) is 0 Å². The summed E-state index contributed by atoms with van der Waals surface area (Å²) >= 11 is 0. The van der Waals surface area contributed by atoms with Crippen LogP contribution in [0.1, 0.15) is 32.8 Å². The van der Waals surface area contributed by atoms with Crippen molar-refractivity contribution in [2.45, 2.75) is 45.3 Å². The molecule has 1 aliphatic heterocycles. The van der Waals surface area contributed by atoms with Gasteiger partial charge in [-0.1, -0.05) is 26.0 Å². The van der Waals surface area contributed by atoms with Crippen LogP contribution >= 0.6 is 0 Å². The number of sulfone groups is 1. The van der Waals surface area contributed by atoms with E-state index in [2.05, 4.69) is 11.4 Å². The molecular formula is C20H29N3O4S. The van der Waals surface area contributed by atoms with Crippen molar-refractivity contribution >= 4 is 15.7 Å². The molecule has 1 saturated heterocycles.